The molecule has 1 aromatic rings. The van der Waals surface area contributed by atoms with Gasteiger partial charge in [-0.3, -0.25) is 0 Å². The van der Waals surface area contributed by atoms with E-state index in [1.165, 1.54) is 0 Å². The second-order valence-electron chi connectivity index (χ2n) is 2.90. The van der Waals surface area contributed by atoms with Crippen LogP contribution in [0.15, 0.2) is 23.3 Å². The van der Waals surface area contributed by atoms with Crippen molar-refractivity contribution in [1.82, 2.24) is 0 Å². The van der Waals surface area contributed by atoms with Gasteiger partial charge in [-0.1, -0.05) is 5.11 Å². The first-order chi connectivity index (χ1) is 7.19. The Labute approximate surface area is 84.8 Å². The Bertz CT molecular complexity index is 391. The van der Waals surface area contributed by atoms with Crippen LogP contribution in [0.4, 0.5) is 8.78 Å². The van der Waals surface area contributed by atoms with Crippen molar-refractivity contribution in [2.45, 2.75) is 12.5 Å². The lowest BCUT2D eigenvalue weighted by molar-refractivity contribution is 0.275. The molecule has 0 radical (unpaired) electrons. The number of aliphatic hydroxyl groups excluding tert-OH is 1. The Kier molecular flexibility index (Phi) is 4.03. The minimum Gasteiger partial charge on any atom is -0.396 e. The van der Waals surface area contributed by atoms with E-state index < -0.39 is 17.7 Å². The molecular weight excluding hydrogens is 204 g/mol. The molecule has 1 atom stereocenters. The molecule has 80 valence electrons. The standard InChI is InChI=1S/C9H9F2N3O/c10-6-1-2-8(11)7(5-6)9(3-4-15)13-14-12/h1-2,5,9,15H,3-4H2. The fourth-order valence-electron chi connectivity index (χ4n) is 1.23. The van der Waals surface area contributed by atoms with Gasteiger partial charge >= 0.3 is 0 Å². The zero-order valence-corrected chi connectivity index (χ0v) is 7.77. The molecule has 0 aliphatic heterocycles. The first-order valence-electron chi connectivity index (χ1n) is 4.29. The second-order valence-corrected chi connectivity index (χ2v) is 2.90. The molecule has 1 unspecified atom stereocenters. The van der Waals surface area contributed by atoms with Gasteiger partial charge in [0.1, 0.15) is 11.6 Å². The van der Waals surface area contributed by atoms with Gasteiger partial charge in [-0.15, -0.1) is 0 Å². The third kappa shape index (κ3) is 2.90. The summed E-state index contributed by atoms with van der Waals surface area (Å²) in [5.41, 5.74) is 8.21. The van der Waals surface area contributed by atoms with Crippen molar-refractivity contribution in [3.05, 3.63) is 45.8 Å². The van der Waals surface area contributed by atoms with E-state index in [-0.39, 0.29) is 18.6 Å². The largest absolute Gasteiger partial charge is 0.396 e. The van der Waals surface area contributed by atoms with E-state index in [9.17, 15) is 8.78 Å². The van der Waals surface area contributed by atoms with Crippen LogP contribution < -0.4 is 0 Å². The van der Waals surface area contributed by atoms with Gasteiger partial charge in [0.2, 0.25) is 0 Å². The number of nitrogens with zero attached hydrogens (tertiary/aromatic N) is 3. The SMILES string of the molecule is [N-]=[N+]=NC(CCO)c1cc(F)ccc1F. The van der Waals surface area contributed by atoms with Gasteiger partial charge < -0.3 is 5.11 Å². The number of aliphatic hydroxyl groups is 1. The highest BCUT2D eigenvalue weighted by Crippen LogP contribution is 2.24. The monoisotopic (exact) mass is 213 g/mol. The lowest BCUT2D eigenvalue weighted by Gasteiger charge is -2.10. The zero-order valence-electron chi connectivity index (χ0n) is 7.77. The van der Waals surface area contributed by atoms with E-state index in [4.69, 9.17) is 10.6 Å². The molecule has 0 heterocycles. The van der Waals surface area contributed by atoms with Crippen LogP contribution >= 0.6 is 0 Å². The highest BCUT2D eigenvalue weighted by molar-refractivity contribution is 5.22. The average molecular weight is 213 g/mol. The smallest absolute Gasteiger partial charge is 0.127 e. The molecular formula is C9H9F2N3O. The summed E-state index contributed by atoms with van der Waals surface area (Å²) in [6.45, 7) is -0.264. The maximum atomic E-state index is 13.2. The number of hydrogen-bond donors (Lipinski definition) is 1. The second kappa shape index (κ2) is 5.29. The Morgan fingerprint density at radius 2 is 2.20 bits per heavy atom. The van der Waals surface area contributed by atoms with Crippen molar-refractivity contribution in [2.75, 3.05) is 6.61 Å². The quantitative estimate of drug-likeness (QED) is 0.466. The lowest BCUT2D eigenvalue weighted by atomic mass is 10.0. The molecule has 0 bridgehead atoms. The minimum atomic E-state index is -0.879. The van der Waals surface area contributed by atoms with E-state index in [0.29, 0.717) is 0 Å². The summed E-state index contributed by atoms with van der Waals surface area (Å²) >= 11 is 0. The first-order valence-corrected chi connectivity index (χ1v) is 4.29. The normalized spacial score (nSPS) is 11.9. The Morgan fingerprint density at radius 3 is 2.80 bits per heavy atom. The lowest BCUT2D eigenvalue weighted by Crippen LogP contribution is -2.01. The summed E-state index contributed by atoms with van der Waals surface area (Å²) in [6, 6.07) is 2.02. The van der Waals surface area contributed by atoms with Crippen LogP contribution in [0.2, 0.25) is 0 Å². The van der Waals surface area contributed by atoms with E-state index in [0.717, 1.165) is 18.2 Å². The molecule has 0 spiro atoms. The van der Waals surface area contributed by atoms with Crippen molar-refractivity contribution < 1.29 is 13.9 Å². The topological polar surface area (TPSA) is 69.0 Å². The fraction of sp³-hybridized carbons (Fsp3) is 0.333. The number of azide groups is 1. The molecule has 1 N–H and O–H groups in total. The van der Waals surface area contributed by atoms with Crippen molar-refractivity contribution in [3.63, 3.8) is 0 Å². The molecule has 0 aliphatic carbocycles. The van der Waals surface area contributed by atoms with Gasteiger partial charge in [0.05, 0.1) is 6.04 Å². The minimum absolute atomic E-state index is 0.0400. The summed E-state index contributed by atoms with van der Waals surface area (Å²) in [7, 11) is 0. The highest BCUT2D eigenvalue weighted by atomic mass is 19.1. The molecule has 0 amide bonds. The summed E-state index contributed by atoms with van der Waals surface area (Å²) in [5.74, 6) is -1.26. The van der Waals surface area contributed by atoms with Crippen LogP contribution in [0.5, 0.6) is 0 Å². The predicted octanol–water partition coefficient (Wildman–Crippen LogP) is 2.70. The third-order valence-corrected chi connectivity index (χ3v) is 1.91. The van der Waals surface area contributed by atoms with E-state index in [1.54, 1.807) is 0 Å². The number of halogens is 2. The Morgan fingerprint density at radius 1 is 1.47 bits per heavy atom. The predicted molar refractivity (Wildman–Crippen MR) is 49.9 cm³/mol. The Balaban J connectivity index is 3.08. The van der Waals surface area contributed by atoms with Crippen LogP contribution in [0, 0.1) is 11.6 Å². The van der Waals surface area contributed by atoms with Gasteiger partial charge in [0, 0.05) is 11.5 Å². The van der Waals surface area contributed by atoms with Crippen molar-refractivity contribution in [1.29, 1.82) is 0 Å². The van der Waals surface area contributed by atoms with Crippen molar-refractivity contribution >= 4 is 0 Å². The summed E-state index contributed by atoms with van der Waals surface area (Å²) in [5, 5.41) is 12.0. The number of benzene rings is 1. The molecule has 1 aromatic carbocycles. The van der Waals surface area contributed by atoms with E-state index in [2.05, 4.69) is 10.0 Å². The third-order valence-electron chi connectivity index (χ3n) is 1.91. The maximum Gasteiger partial charge on any atom is 0.127 e. The average Bonchev–Trinajstić information content (AvgIpc) is 2.21. The van der Waals surface area contributed by atoms with Crippen molar-refractivity contribution in [3.8, 4) is 0 Å². The van der Waals surface area contributed by atoms with Gasteiger partial charge in [-0.2, -0.15) is 0 Å². The van der Waals surface area contributed by atoms with Crippen molar-refractivity contribution in [2.24, 2.45) is 5.11 Å². The number of hydrogen-bond acceptors (Lipinski definition) is 2. The fourth-order valence-corrected chi connectivity index (χ4v) is 1.23. The molecule has 0 aromatic heterocycles. The van der Waals surface area contributed by atoms with Gasteiger partial charge in [-0.25, -0.2) is 8.78 Å². The molecule has 1 rings (SSSR count). The first kappa shape index (κ1) is 11.4. The van der Waals surface area contributed by atoms with E-state index in [1.807, 2.05) is 0 Å². The molecule has 0 saturated heterocycles. The van der Waals surface area contributed by atoms with Crippen LogP contribution in [0.3, 0.4) is 0 Å². The maximum absolute atomic E-state index is 13.2. The summed E-state index contributed by atoms with van der Waals surface area (Å²) in [4.78, 5) is 2.53. The summed E-state index contributed by atoms with van der Waals surface area (Å²) < 4.78 is 26.1. The van der Waals surface area contributed by atoms with Crippen LogP contribution in [-0.4, -0.2) is 11.7 Å². The summed E-state index contributed by atoms with van der Waals surface area (Å²) in [6.07, 6.45) is 0.0600. The van der Waals surface area contributed by atoms with Gasteiger partial charge in [0.15, 0.2) is 0 Å². The molecule has 6 heteroatoms. The van der Waals surface area contributed by atoms with Crippen LogP contribution in [0.1, 0.15) is 18.0 Å². The molecule has 4 nitrogen and oxygen atoms in total. The molecule has 0 saturated carbocycles. The van der Waals surface area contributed by atoms with E-state index >= 15 is 0 Å². The van der Waals surface area contributed by atoms with Gasteiger partial charge in [-0.05, 0) is 35.7 Å². The zero-order chi connectivity index (χ0) is 11.3. The number of rotatable bonds is 4. The Hall–Kier alpha value is -1.65. The van der Waals surface area contributed by atoms with Crippen LogP contribution in [0.25, 0.3) is 10.4 Å². The highest BCUT2D eigenvalue weighted by Gasteiger charge is 2.14. The molecule has 0 aliphatic rings. The molecule has 0 fully saturated rings. The molecule has 15 heavy (non-hydrogen) atoms. The van der Waals surface area contributed by atoms with Gasteiger partial charge in [0.25, 0.3) is 0 Å². The van der Waals surface area contributed by atoms with Crippen LogP contribution in [-0.2, 0) is 0 Å².